The SMILES string of the molecule is CNC(CC(C)COC)c1ccc(C)cc1C. The lowest BCUT2D eigenvalue weighted by Crippen LogP contribution is -2.21. The molecule has 96 valence electrons. The van der Waals surface area contributed by atoms with Crippen LogP contribution in [0.15, 0.2) is 18.2 Å². The summed E-state index contributed by atoms with van der Waals surface area (Å²) in [4.78, 5) is 0. The van der Waals surface area contributed by atoms with Crippen LogP contribution in [0.2, 0.25) is 0 Å². The Labute approximate surface area is 105 Å². The van der Waals surface area contributed by atoms with Crippen LogP contribution in [0.1, 0.15) is 36.1 Å². The van der Waals surface area contributed by atoms with Crippen molar-refractivity contribution in [2.24, 2.45) is 5.92 Å². The van der Waals surface area contributed by atoms with Gasteiger partial charge in [0.15, 0.2) is 0 Å². The van der Waals surface area contributed by atoms with E-state index in [0.29, 0.717) is 12.0 Å². The first-order chi connectivity index (χ1) is 8.08. The topological polar surface area (TPSA) is 21.3 Å². The molecule has 1 aromatic rings. The summed E-state index contributed by atoms with van der Waals surface area (Å²) < 4.78 is 5.21. The predicted octanol–water partition coefficient (Wildman–Crippen LogP) is 3.24. The summed E-state index contributed by atoms with van der Waals surface area (Å²) in [5.41, 5.74) is 4.10. The van der Waals surface area contributed by atoms with Crippen LogP contribution in [-0.4, -0.2) is 20.8 Å². The van der Waals surface area contributed by atoms with Gasteiger partial charge in [-0.05, 0) is 44.4 Å². The van der Waals surface area contributed by atoms with Gasteiger partial charge in [0.2, 0.25) is 0 Å². The molecule has 0 bridgehead atoms. The number of nitrogens with one attached hydrogen (secondary N) is 1. The van der Waals surface area contributed by atoms with Crippen molar-refractivity contribution >= 4 is 0 Å². The zero-order chi connectivity index (χ0) is 12.8. The van der Waals surface area contributed by atoms with E-state index >= 15 is 0 Å². The molecule has 0 aliphatic carbocycles. The van der Waals surface area contributed by atoms with E-state index in [0.717, 1.165) is 13.0 Å². The van der Waals surface area contributed by atoms with E-state index in [4.69, 9.17) is 4.74 Å². The summed E-state index contributed by atoms with van der Waals surface area (Å²) in [7, 11) is 3.80. The molecule has 0 aliphatic heterocycles. The standard InChI is InChI=1S/C15H25NO/c1-11-6-7-14(13(3)8-11)15(16-4)9-12(2)10-17-5/h6-8,12,15-16H,9-10H2,1-5H3. The first-order valence-electron chi connectivity index (χ1n) is 6.31. The van der Waals surface area contributed by atoms with Crippen molar-refractivity contribution in [2.75, 3.05) is 20.8 Å². The molecule has 2 nitrogen and oxygen atoms in total. The summed E-state index contributed by atoms with van der Waals surface area (Å²) >= 11 is 0. The summed E-state index contributed by atoms with van der Waals surface area (Å²) in [6, 6.07) is 7.10. The molecule has 0 aromatic heterocycles. The van der Waals surface area contributed by atoms with Gasteiger partial charge >= 0.3 is 0 Å². The second-order valence-electron chi connectivity index (χ2n) is 5.00. The molecule has 17 heavy (non-hydrogen) atoms. The van der Waals surface area contributed by atoms with Gasteiger partial charge in [0, 0.05) is 19.8 Å². The van der Waals surface area contributed by atoms with Gasteiger partial charge in [-0.25, -0.2) is 0 Å². The van der Waals surface area contributed by atoms with Crippen LogP contribution in [0.5, 0.6) is 0 Å². The number of methoxy groups -OCH3 is 1. The van der Waals surface area contributed by atoms with Crippen molar-refractivity contribution in [2.45, 2.75) is 33.2 Å². The van der Waals surface area contributed by atoms with Crippen LogP contribution in [0.25, 0.3) is 0 Å². The van der Waals surface area contributed by atoms with E-state index in [1.54, 1.807) is 7.11 Å². The second kappa shape index (κ2) is 6.77. The Morgan fingerprint density at radius 2 is 2.00 bits per heavy atom. The highest BCUT2D eigenvalue weighted by atomic mass is 16.5. The maximum atomic E-state index is 5.21. The normalized spacial score (nSPS) is 14.6. The number of rotatable bonds is 6. The fourth-order valence-electron chi connectivity index (χ4n) is 2.37. The Balaban J connectivity index is 2.79. The van der Waals surface area contributed by atoms with Crippen molar-refractivity contribution in [3.05, 3.63) is 34.9 Å². The van der Waals surface area contributed by atoms with Crippen LogP contribution in [0, 0.1) is 19.8 Å². The molecule has 1 aromatic carbocycles. The minimum Gasteiger partial charge on any atom is -0.384 e. The number of benzene rings is 1. The average Bonchev–Trinajstić information content (AvgIpc) is 2.27. The highest BCUT2D eigenvalue weighted by Crippen LogP contribution is 2.24. The third-order valence-corrected chi connectivity index (χ3v) is 3.24. The van der Waals surface area contributed by atoms with Crippen molar-refractivity contribution in [3.8, 4) is 0 Å². The first-order valence-corrected chi connectivity index (χ1v) is 6.31. The van der Waals surface area contributed by atoms with E-state index in [2.05, 4.69) is 44.3 Å². The zero-order valence-electron chi connectivity index (χ0n) is 11.7. The molecule has 0 fully saturated rings. The number of hydrogen-bond donors (Lipinski definition) is 1. The molecular formula is C15H25NO. The fourth-order valence-corrected chi connectivity index (χ4v) is 2.37. The van der Waals surface area contributed by atoms with E-state index in [1.807, 2.05) is 7.05 Å². The third kappa shape index (κ3) is 4.14. The van der Waals surface area contributed by atoms with Crippen molar-refractivity contribution in [1.82, 2.24) is 5.32 Å². The van der Waals surface area contributed by atoms with E-state index in [1.165, 1.54) is 16.7 Å². The van der Waals surface area contributed by atoms with Crippen molar-refractivity contribution in [1.29, 1.82) is 0 Å². The lowest BCUT2D eigenvalue weighted by molar-refractivity contribution is 0.150. The first kappa shape index (κ1) is 14.2. The van der Waals surface area contributed by atoms with Gasteiger partial charge in [-0.15, -0.1) is 0 Å². The Bertz CT molecular complexity index is 349. The molecule has 0 aliphatic rings. The highest BCUT2D eigenvalue weighted by molar-refractivity contribution is 5.32. The molecule has 0 amide bonds. The van der Waals surface area contributed by atoms with Crippen LogP contribution < -0.4 is 5.32 Å². The Hall–Kier alpha value is -0.860. The summed E-state index contributed by atoms with van der Waals surface area (Å²) in [6.45, 7) is 7.38. The van der Waals surface area contributed by atoms with E-state index in [9.17, 15) is 0 Å². The van der Waals surface area contributed by atoms with E-state index in [-0.39, 0.29) is 0 Å². The maximum absolute atomic E-state index is 5.21. The van der Waals surface area contributed by atoms with E-state index < -0.39 is 0 Å². The van der Waals surface area contributed by atoms with Crippen LogP contribution in [0.3, 0.4) is 0 Å². The van der Waals surface area contributed by atoms with Crippen LogP contribution in [-0.2, 0) is 4.74 Å². The van der Waals surface area contributed by atoms with Crippen molar-refractivity contribution in [3.63, 3.8) is 0 Å². The Kier molecular flexibility index (Phi) is 5.66. The molecule has 0 radical (unpaired) electrons. The third-order valence-electron chi connectivity index (χ3n) is 3.24. The molecule has 2 heteroatoms. The Morgan fingerprint density at radius 1 is 1.29 bits per heavy atom. The monoisotopic (exact) mass is 235 g/mol. The molecule has 0 saturated carbocycles. The zero-order valence-corrected chi connectivity index (χ0v) is 11.7. The molecule has 0 spiro atoms. The fraction of sp³-hybridized carbons (Fsp3) is 0.600. The molecule has 1 rings (SSSR count). The van der Waals surface area contributed by atoms with Gasteiger partial charge in [-0.3, -0.25) is 0 Å². The van der Waals surface area contributed by atoms with Gasteiger partial charge < -0.3 is 10.1 Å². The second-order valence-corrected chi connectivity index (χ2v) is 5.00. The minimum atomic E-state index is 0.417. The summed E-state index contributed by atoms with van der Waals surface area (Å²) in [6.07, 6.45) is 1.11. The highest BCUT2D eigenvalue weighted by Gasteiger charge is 2.15. The summed E-state index contributed by atoms with van der Waals surface area (Å²) in [5.74, 6) is 0.568. The molecule has 2 unspecified atom stereocenters. The molecule has 0 saturated heterocycles. The average molecular weight is 235 g/mol. The Morgan fingerprint density at radius 3 is 2.53 bits per heavy atom. The number of hydrogen-bond acceptors (Lipinski definition) is 2. The van der Waals surface area contributed by atoms with Crippen molar-refractivity contribution < 1.29 is 4.74 Å². The predicted molar refractivity (Wildman–Crippen MR) is 73.4 cm³/mol. The minimum absolute atomic E-state index is 0.417. The quantitative estimate of drug-likeness (QED) is 0.817. The van der Waals surface area contributed by atoms with Gasteiger partial charge in [-0.1, -0.05) is 30.7 Å². The number of ether oxygens (including phenoxy) is 1. The molecular weight excluding hydrogens is 210 g/mol. The lowest BCUT2D eigenvalue weighted by Gasteiger charge is -2.22. The maximum Gasteiger partial charge on any atom is 0.0488 e. The van der Waals surface area contributed by atoms with Gasteiger partial charge in [0.25, 0.3) is 0 Å². The molecule has 2 atom stereocenters. The molecule has 1 N–H and O–H groups in total. The van der Waals surface area contributed by atoms with Gasteiger partial charge in [0.1, 0.15) is 0 Å². The van der Waals surface area contributed by atoms with Crippen LogP contribution in [0.4, 0.5) is 0 Å². The van der Waals surface area contributed by atoms with Crippen LogP contribution >= 0.6 is 0 Å². The largest absolute Gasteiger partial charge is 0.384 e. The molecule has 0 heterocycles. The summed E-state index contributed by atoms with van der Waals surface area (Å²) in [5, 5.41) is 3.41. The lowest BCUT2D eigenvalue weighted by atomic mass is 9.92. The van der Waals surface area contributed by atoms with Gasteiger partial charge in [0.05, 0.1) is 0 Å². The number of aryl methyl sites for hydroxylation is 2. The van der Waals surface area contributed by atoms with Gasteiger partial charge in [-0.2, -0.15) is 0 Å². The smallest absolute Gasteiger partial charge is 0.0488 e.